The van der Waals surface area contributed by atoms with Gasteiger partial charge in [0.05, 0.1) is 11.4 Å². The lowest BCUT2D eigenvalue weighted by Gasteiger charge is -2.08. The number of aromatic nitrogens is 2. The number of amides is 1. The predicted molar refractivity (Wildman–Crippen MR) is 98.8 cm³/mol. The number of hydrogen-bond acceptors (Lipinski definition) is 4. The Morgan fingerprint density at radius 1 is 1.11 bits per heavy atom. The van der Waals surface area contributed by atoms with Gasteiger partial charge in [-0.25, -0.2) is 13.8 Å². The number of benzene rings is 2. The maximum absolute atomic E-state index is 13.4. The van der Waals surface area contributed by atoms with E-state index in [1.165, 1.54) is 18.5 Å². The van der Waals surface area contributed by atoms with Crippen LogP contribution in [-0.2, 0) is 11.3 Å². The van der Waals surface area contributed by atoms with E-state index >= 15 is 0 Å². The van der Waals surface area contributed by atoms with Crippen molar-refractivity contribution in [2.75, 3.05) is 5.75 Å². The minimum absolute atomic E-state index is 0.0108. The predicted octanol–water partition coefficient (Wildman–Crippen LogP) is 2.92. The number of nitrogens with zero attached hydrogens (tertiary/aromatic N) is 2. The van der Waals surface area contributed by atoms with E-state index in [1.807, 2.05) is 30.3 Å². The Hall–Kier alpha value is -3.00. The van der Waals surface area contributed by atoms with Gasteiger partial charge >= 0.3 is 0 Å². The van der Waals surface area contributed by atoms with E-state index in [4.69, 9.17) is 0 Å². The molecule has 1 N–H and O–H groups in total. The van der Waals surface area contributed by atoms with Gasteiger partial charge in [0.2, 0.25) is 5.91 Å². The molecule has 1 heterocycles. The van der Waals surface area contributed by atoms with Gasteiger partial charge in [0.25, 0.3) is 5.56 Å². The third kappa shape index (κ3) is 4.79. The van der Waals surface area contributed by atoms with Gasteiger partial charge < -0.3 is 5.32 Å². The number of carbonyl (C=O) groups is 1. The Kier molecular flexibility index (Phi) is 5.97. The van der Waals surface area contributed by atoms with Crippen LogP contribution in [0.3, 0.4) is 0 Å². The number of carbonyl (C=O) groups excluding carboxylic acids is 1. The molecular formula is C19H15F2N3O2S. The second kappa shape index (κ2) is 8.59. The topological polar surface area (TPSA) is 64.0 Å². The second-order valence-electron chi connectivity index (χ2n) is 5.56. The first kappa shape index (κ1) is 18.8. The fourth-order valence-corrected chi connectivity index (χ4v) is 3.04. The first-order valence-corrected chi connectivity index (χ1v) is 8.99. The molecule has 5 nitrogen and oxygen atoms in total. The van der Waals surface area contributed by atoms with Crippen LogP contribution in [0.4, 0.5) is 8.78 Å². The van der Waals surface area contributed by atoms with Gasteiger partial charge in [-0.15, -0.1) is 0 Å². The van der Waals surface area contributed by atoms with Gasteiger partial charge in [0, 0.05) is 25.0 Å². The van der Waals surface area contributed by atoms with Crippen LogP contribution in [0.1, 0.15) is 5.56 Å². The van der Waals surface area contributed by atoms with Crippen molar-refractivity contribution in [3.05, 3.63) is 88.5 Å². The lowest BCUT2D eigenvalue weighted by Crippen LogP contribution is -2.26. The summed E-state index contributed by atoms with van der Waals surface area (Å²) in [5.74, 6) is -2.28. The van der Waals surface area contributed by atoms with Crippen molar-refractivity contribution in [1.82, 2.24) is 14.9 Å². The van der Waals surface area contributed by atoms with Crippen molar-refractivity contribution < 1.29 is 13.6 Å². The lowest BCUT2D eigenvalue weighted by molar-refractivity contribution is -0.118. The van der Waals surface area contributed by atoms with E-state index in [-0.39, 0.29) is 22.4 Å². The molecule has 0 fully saturated rings. The average Bonchev–Trinajstić information content (AvgIpc) is 2.68. The monoisotopic (exact) mass is 387 g/mol. The number of hydrogen-bond donors (Lipinski definition) is 1. The smallest absolute Gasteiger partial charge is 0.287 e. The number of thioether (sulfide) groups is 1. The summed E-state index contributed by atoms with van der Waals surface area (Å²) in [4.78, 5) is 28.4. The Morgan fingerprint density at radius 2 is 1.89 bits per heavy atom. The van der Waals surface area contributed by atoms with E-state index in [2.05, 4.69) is 10.3 Å². The van der Waals surface area contributed by atoms with Crippen LogP contribution in [0.5, 0.6) is 0 Å². The number of halogens is 2. The van der Waals surface area contributed by atoms with Gasteiger partial charge in [0.1, 0.15) is 0 Å². The normalized spacial score (nSPS) is 10.6. The SMILES string of the molecule is O=C(CSc1nccn(-c2ccc(F)c(F)c2)c1=O)NCc1ccccc1. The second-order valence-corrected chi connectivity index (χ2v) is 6.52. The largest absolute Gasteiger partial charge is 0.351 e. The van der Waals surface area contributed by atoms with Crippen molar-refractivity contribution in [3.63, 3.8) is 0 Å². The summed E-state index contributed by atoms with van der Waals surface area (Å²) >= 11 is 0.982. The Bertz CT molecular complexity index is 1010. The van der Waals surface area contributed by atoms with E-state index in [0.29, 0.717) is 6.54 Å². The van der Waals surface area contributed by atoms with Crippen LogP contribution in [0.25, 0.3) is 5.69 Å². The maximum atomic E-state index is 13.4. The summed E-state index contributed by atoms with van der Waals surface area (Å²) in [7, 11) is 0. The molecule has 0 saturated heterocycles. The van der Waals surface area contributed by atoms with Crippen molar-refractivity contribution in [3.8, 4) is 5.69 Å². The van der Waals surface area contributed by atoms with E-state index in [1.54, 1.807) is 0 Å². The molecule has 0 saturated carbocycles. The standard InChI is InChI=1S/C19H15F2N3O2S/c20-15-7-6-14(10-16(15)21)24-9-8-22-18(19(24)26)27-12-17(25)23-11-13-4-2-1-3-5-13/h1-10H,11-12H2,(H,23,25). The molecule has 3 aromatic rings. The zero-order valence-corrected chi connectivity index (χ0v) is 14.9. The van der Waals surface area contributed by atoms with Crippen LogP contribution in [0, 0.1) is 11.6 Å². The van der Waals surface area contributed by atoms with E-state index < -0.39 is 17.2 Å². The molecule has 0 spiro atoms. The first-order valence-electron chi connectivity index (χ1n) is 8.01. The van der Waals surface area contributed by atoms with Crippen molar-refractivity contribution in [2.24, 2.45) is 0 Å². The molecule has 138 valence electrons. The zero-order chi connectivity index (χ0) is 19.2. The van der Waals surface area contributed by atoms with Gasteiger partial charge in [-0.1, -0.05) is 42.1 Å². The highest BCUT2D eigenvalue weighted by atomic mass is 32.2. The Labute approximate surface area is 158 Å². The third-order valence-electron chi connectivity index (χ3n) is 3.66. The van der Waals surface area contributed by atoms with Gasteiger partial charge in [-0.2, -0.15) is 0 Å². The Balaban J connectivity index is 1.66. The van der Waals surface area contributed by atoms with Crippen LogP contribution >= 0.6 is 11.8 Å². The van der Waals surface area contributed by atoms with Crippen molar-refractivity contribution >= 4 is 17.7 Å². The molecule has 1 amide bonds. The van der Waals surface area contributed by atoms with E-state index in [0.717, 1.165) is 34.0 Å². The summed E-state index contributed by atoms with van der Waals surface area (Å²) in [6, 6.07) is 12.6. The summed E-state index contributed by atoms with van der Waals surface area (Å²) in [5.41, 5.74) is 0.635. The minimum Gasteiger partial charge on any atom is -0.351 e. The Morgan fingerprint density at radius 3 is 2.63 bits per heavy atom. The molecule has 0 unspecified atom stereocenters. The molecule has 0 atom stereocenters. The highest BCUT2D eigenvalue weighted by Crippen LogP contribution is 2.14. The van der Waals surface area contributed by atoms with Crippen LogP contribution in [-0.4, -0.2) is 21.2 Å². The molecule has 2 aromatic carbocycles. The molecule has 0 radical (unpaired) electrons. The zero-order valence-electron chi connectivity index (χ0n) is 14.1. The lowest BCUT2D eigenvalue weighted by atomic mass is 10.2. The molecule has 3 rings (SSSR count). The van der Waals surface area contributed by atoms with E-state index in [9.17, 15) is 18.4 Å². The van der Waals surface area contributed by atoms with Crippen molar-refractivity contribution in [2.45, 2.75) is 11.6 Å². The summed E-state index contributed by atoms with van der Waals surface area (Å²) < 4.78 is 27.6. The molecule has 8 heteroatoms. The summed E-state index contributed by atoms with van der Waals surface area (Å²) in [6.45, 7) is 0.390. The average molecular weight is 387 g/mol. The molecular weight excluding hydrogens is 372 g/mol. The van der Waals surface area contributed by atoms with Gasteiger partial charge in [-0.05, 0) is 17.7 Å². The molecule has 0 aliphatic heterocycles. The number of nitrogens with one attached hydrogen (secondary N) is 1. The quantitative estimate of drug-likeness (QED) is 0.661. The first-order chi connectivity index (χ1) is 13.0. The molecule has 1 aromatic heterocycles. The molecule has 0 aliphatic rings. The van der Waals surface area contributed by atoms with Crippen LogP contribution < -0.4 is 10.9 Å². The van der Waals surface area contributed by atoms with Gasteiger partial charge in [-0.3, -0.25) is 14.2 Å². The fraction of sp³-hybridized carbons (Fsp3) is 0.105. The summed E-state index contributed by atoms with van der Waals surface area (Å²) in [5, 5.41) is 2.86. The summed E-state index contributed by atoms with van der Waals surface area (Å²) in [6.07, 6.45) is 2.72. The maximum Gasteiger partial charge on any atom is 0.287 e. The third-order valence-corrected chi connectivity index (χ3v) is 4.62. The van der Waals surface area contributed by atoms with Gasteiger partial charge in [0.15, 0.2) is 16.7 Å². The van der Waals surface area contributed by atoms with Crippen LogP contribution in [0.2, 0.25) is 0 Å². The highest BCUT2D eigenvalue weighted by Gasteiger charge is 2.11. The fourth-order valence-electron chi connectivity index (χ4n) is 2.31. The van der Waals surface area contributed by atoms with Crippen molar-refractivity contribution in [1.29, 1.82) is 0 Å². The molecule has 0 aliphatic carbocycles. The minimum atomic E-state index is -1.05. The molecule has 0 bridgehead atoms. The van der Waals surface area contributed by atoms with Crippen LogP contribution in [0.15, 0.2) is 70.7 Å². The molecule has 27 heavy (non-hydrogen) atoms. The number of rotatable bonds is 6. The highest BCUT2D eigenvalue weighted by molar-refractivity contribution is 7.99.